The molecule has 1 heterocycles. The molecule has 0 bridgehead atoms. The predicted octanol–water partition coefficient (Wildman–Crippen LogP) is 4.39. The van der Waals surface area contributed by atoms with E-state index in [1.54, 1.807) is 18.2 Å². The Morgan fingerprint density at radius 2 is 1.95 bits per heavy atom. The smallest absolute Gasteiger partial charge is 0.265 e. The maximum atomic E-state index is 12.2. The zero-order valence-electron chi connectivity index (χ0n) is 10.4. The van der Waals surface area contributed by atoms with Crippen LogP contribution >= 0.6 is 22.9 Å². The van der Waals surface area contributed by atoms with E-state index in [-0.39, 0.29) is 5.91 Å². The number of hydrogen-bond donors (Lipinski definition) is 2. The van der Waals surface area contributed by atoms with Crippen LogP contribution in [0, 0.1) is 0 Å². The van der Waals surface area contributed by atoms with Crippen molar-refractivity contribution >= 4 is 50.3 Å². The first-order valence-corrected chi connectivity index (χ1v) is 7.18. The Kier molecular flexibility index (Phi) is 3.34. The van der Waals surface area contributed by atoms with Gasteiger partial charge < -0.3 is 11.1 Å². The molecule has 0 spiro atoms. The average molecular weight is 303 g/mol. The molecule has 5 heteroatoms. The second-order valence-corrected chi connectivity index (χ2v) is 5.83. The van der Waals surface area contributed by atoms with E-state index in [0.717, 1.165) is 10.1 Å². The second-order valence-electron chi connectivity index (χ2n) is 4.34. The maximum Gasteiger partial charge on any atom is 0.265 e. The Labute approximate surface area is 125 Å². The molecule has 0 saturated heterocycles. The van der Waals surface area contributed by atoms with Crippen molar-refractivity contribution in [2.24, 2.45) is 0 Å². The van der Waals surface area contributed by atoms with Crippen molar-refractivity contribution in [2.75, 3.05) is 11.1 Å². The van der Waals surface area contributed by atoms with Gasteiger partial charge in [0, 0.05) is 10.4 Å². The van der Waals surface area contributed by atoms with Crippen LogP contribution in [0.2, 0.25) is 5.02 Å². The molecule has 0 aliphatic carbocycles. The molecule has 0 saturated carbocycles. The summed E-state index contributed by atoms with van der Waals surface area (Å²) in [6.45, 7) is 0. The van der Waals surface area contributed by atoms with Gasteiger partial charge in [-0.15, -0.1) is 11.3 Å². The van der Waals surface area contributed by atoms with Crippen molar-refractivity contribution < 1.29 is 4.79 Å². The summed E-state index contributed by atoms with van der Waals surface area (Å²) in [5.74, 6) is -0.169. The van der Waals surface area contributed by atoms with Crippen LogP contribution in [-0.4, -0.2) is 5.91 Å². The number of benzene rings is 2. The lowest BCUT2D eigenvalue weighted by Gasteiger charge is -2.06. The summed E-state index contributed by atoms with van der Waals surface area (Å²) in [7, 11) is 0. The summed E-state index contributed by atoms with van der Waals surface area (Å²) >= 11 is 7.50. The van der Waals surface area contributed by atoms with Gasteiger partial charge in [-0.3, -0.25) is 4.79 Å². The minimum atomic E-state index is -0.169. The van der Waals surface area contributed by atoms with Gasteiger partial charge in [0.25, 0.3) is 5.91 Å². The molecular weight excluding hydrogens is 292 g/mol. The lowest BCUT2D eigenvalue weighted by Crippen LogP contribution is -2.10. The fraction of sp³-hybridized carbons (Fsp3) is 0. The van der Waals surface area contributed by atoms with E-state index < -0.39 is 0 Å². The number of fused-ring (bicyclic) bond motifs is 1. The van der Waals surface area contributed by atoms with Crippen LogP contribution in [0.1, 0.15) is 9.67 Å². The van der Waals surface area contributed by atoms with Gasteiger partial charge in [-0.25, -0.2) is 0 Å². The Balaban J connectivity index is 1.89. The highest BCUT2D eigenvalue weighted by Gasteiger charge is 2.11. The lowest BCUT2D eigenvalue weighted by molar-refractivity contribution is 0.103. The van der Waals surface area contributed by atoms with E-state index in [1.807, 2.05) is 30.3 Å². The van der Waals surface area contributed by atoms with Crippen molar-refractivity contribution in [3.8, 4) is 0 Å². The largest absolute Gasteiger partial charge is 0.399 e. The number of hydrogen-bond acceptors (Lipinski definition) is 3. The zero-order chi connectivity index (χ0) is 14.1. The van der Waals surface area contributed by atoms with Gasteiger partial charge in [0.15, 0.2) is 0 Å². The number of carbonyl (C=O) groups excluding carboxylic acids is 1. The summed E-state index contributed by atoms with van der Waals surface area (Å²) in [5.41, 5.74) is 6.75. The highest BCUT2D eigenvalue weighted by molar-refractivity contribution is 7.20. The molecule has 1 amide bonds. The van der Waals surface area contributed by atoms with Gasteiger partial charge in [0.1, 0.15) is 0 Å². The number of rotatable bonds is 2. The van der Waals surface area contributed by atoms with Crippen molar-refractivity contribution in [1.82, 2.24) is 0 Å². The SMILES string of the molecule is Nc1ccc(NC(=O)c2cc3ccccc3s2)c(Cl)c1. The third kappa shape index (κ3) is 2.48. The number of carbonyl (C=O) groups is 1. The minimum absolute atomic E-state index is 0.169. The molecule has 0 aliphatic heterocycles. The van der Waals surface area contributed by atoms with Gasteiger partial charge >= 0.3 is 0 Å². The monoisotopic (exact) mass is 302 g/mol. The van der Waals surface area contributed by atoms with Crippen LogP contribution in [0.25, 0.3) is 10.1 Å². The fourth-order valence-electron chi connectivity index (χ4n) is 1.91. The molecule has 0 fully saturated rings. The predicted molar refractivity (Wildman–Crippen MR) is 85.6 cm³/mol. The number of nitrogens with one attached hydrogen (secondary N) is 1. The Hall–Kier alpha value is -2.04. The van der Waals surface area contributed by atoms with E-state index in [9.17, 15) is 4.79 Å². The van der Waals surface area contributed by atoms with Crippen LogP contribution in [0.3, 0.4) is 0 Å². The van der Waals surface area contributed by atoms with E-state index in [2.05, 4.69) is 5.32 Å². The molecule has 0 radical (unpaired) electrons. The molecule has 100 valence electrons. The van der Waals surface area contributed by atoms with Crippen LogP contribution in [0.15, 0.2) is 48.5 Å². The third-order valence-corrected chi connectivity index (χ3v) is 4.32. The quantitative estimate of drug-likeness (QED) is 0.690. The molecule has 0 unspecified atom stereocenters. The molecule has 2 aromatic carbocycles. The second kappa shape index (κ2) is 5.15. The van der Waals surface area contributed by atoms with Crippen LogP contribution in [0.5, 0.6) is 0 Å². The highest BCUT2D eigenvalue weighted by atomic mass is 35.5. The first kappa shape index (κ1) is 13.0. The molecule has 3 aromatic rings. The lowest BCUT2D eigenvalue weighted by atomic mass is 10.2. The Bertz CT molecular complexity index is 764. The topological polar surface area (TPSA) is 55.1 Å². The molecule has 0 aliphatic rings. The molecule has 1 aromatic heterocycles. The molecule has 3 rings (SSSR count). The van der Waals surface area contributed by atoms with Gasteiger partial charge in [0.2, 0.25) is 0 Å². The summed E-state index contributed by atoms with van der Waals surface area (Å²) in [6, 6.07) is 14.8. The first-order chi connectivity index (χ1) is 9.63. The van der Waals surface area contributed by atoms with Gasteiger partial charge in [-0.1, -0.05) is 29.8 Å². The van der Waals surface area contributed by atoms with E-state index in [1.165, 1.54) is 11.3 Å². The molecule has 0 atom stereocenters. The van der Waals surface area contributed by atoms with Crippen LogP contribution in [0.4, 0.5) is 11.4 Å². The number of thiophene rings is 1. The van der Waals surface area contributed by atoms with Crippen LogP contribution < -0.4 is 11.1 Å². The van der Waals surface area contributed by atoms with Crippen molar-refractivity contribution in [3.63, 3.8) is 0 Å². The molecule has 20 heavy (non-hydrogen) atoms. The Morgan fingerprint density at radius 1 is 1.15 bits per heavy atom. The van der Waals surface area contributed by atoms with Crippen molar-refractivity contribution in [2.45, 2.75) is 0 Å². The van der Waals surface area contributed by atoms with Gasteiger partial charge in [-0.05, 0) is 35.7 Å². The maximum absolute atomic E-state index is 12.2. The zero-order valence-corrected chi connectivity index (χ0v) is 12.0. The van der Waals surface area contributed by atoms with Crippen molar-refractivity contribution in [1.29, 1.82) is 0 Å². The standard InChI is InChI=1S/C15H11ClN2OS/c16-11-8-10(17)5-6-12(11)18-15(19)14-7-9-3-1-2-4-13(9)20-14/h1-8H,17H2,(H,18,19). The Morgan fingerprint density at radius 3 is 2.70 bits per heavy atom. The molecule has 3 N–H and O–H groups in total. The highest BCUT2D eigenvalue weighted by Crippen LogP contribution is 2.28. The van der Waals surface area contributed by atoms with E-state index in [0.29, 0.717) is 21.3 Å². The molecular formula is C15H11ClN2OS. The number of nitrogens with two attached hydrogens (primary N) is 1. The van der Waals surface area contributed by atoms with Crippen molar-refractivity contribution in [3.05, 3.63) is 58.4 Å². The van der Waals surface area contributed by atoms with Gasteiger partial charge in [-0.2, -0.15) is 0 Å². The summed E-state index contributed by atoms with van der Waals surface area (Å²) in [5, 5.41) is 4.29. The molecule has 3 nitrogen and oxygen atoms in total. The first-order valence-electron chi connectivity index (χ1n) is 5.98. The minimum Gasteiger partial charge on any atom is -0.399 e. The summed E-state index contributed by atoms with van der Waals surface area (Å²) in [4.78, 5) is 12.9. The van der Waals surface area contributed by atoms with E-state index >= 15 is 0 Å². The summed E-state index contributed by atoms with van der Waals surface area (Å²) in [6.07, 6.45) is 0. The third-order valence-electron chi connectivity index (χ3n) is 2.89. The average Bonchev–Trinajstić information content (AvgIpc) is 2.86. The number of halogens is 1. The fourth-order valence-corrected chi connectivity index (χ4v) is 3.10. The normalized spacial score (nSPS) is 10.7. The number of anilines is 2. The van der Waals surface area contributed by atoms with E-state index in [4.69, 9.17) is 17.3 Å². The number of amides is 1. The number of nitrogen functional groups attached to an aromatic ring is 1. The summed E-state index contributed by atoms with van der Waals surface area (Å²) < 4.78 is 1.08. The van der Waals surface area contributed by atoms with Gasteiger partial charge in [0.05, 0.1) is 15.6 Å². The van der Waals surface area contributed by atoms with Crippen LogP contribution in [-0.2, 0) is 0 Å².